The number of carbonyl (C=O) groups excluding carboxylic acids is 1. The molecule has 0 aromatic heterocycles. The number of carboxylic acids is 1. The summed E-state index contributed by atoms with van der Waals surface area (Å²) in [5.41, 5.74) is 0.874. The lowest BCUT2D eigenvalue weighted by atomic mass is 10.1. The number of ether oxygens (including phenoxy) is 2. The standard InChI is InChI=1S/C24H40N2O5S/c1-4-7-8-17-32-18-15-26(24(29)25-13-5-2)14-16-31-21-11-9-20(10-12-21)19-22(23(27)28)30-6-3/h9-12,22H,4-8,13-19H2,1-3H3,(H,25,29)(H,27,28). The molecule has 0 saturated heterocycles. The zero-order valence-corrected chi connectivity index (χ0v) is 20.6. The van der Waals surface area contributed by atoms with Crippen molar-refractivity contribution in [3.63, 3.8) is 0 Å². The predicted octanol–water partition coefficient (Wildman–Crippen LogP) is 4.44. The molecular weight excluding hydrogens is 428 g/mol. The number of nitrogens with zero attached hydrogens (tertiary/aromatic N) is 1. The first kappa shape index (κ1) is 28.1. The molecule has 0 aliphatic carbocycles. The Hall–Kier alpha value is -1.93. The van der Waals surface area contributed by atoms with Crippen molar-refractivity contribution in [2.45, 2.75) is 59.0 Å². The highest BCUT2D eigenvalue weighted by atomic mass is 32.2. The largest absolute Gasteiger partial charge is 0.492 e. The third kappa shape index (κ3) is 12.2. The van der Waals surface area contributed by atoms with Gasteiger partial charge in [-0.25, -0.2) is 9.59 Å². The number of thioether (sulfide) groups is 1. The van der Waals surface area contributed by atoms with E-state index in [1.165, 1.54) is 19.3 Å². The van der Waals surface area contributed by atoms with Crippen molar-refractivity contribution in [2.24, 2.45) is 0 Å². The van der Waals surface area contributed by atoms with Crippen LogP contribution in [0.25, 0.3) is 0 Å². The maximum absolute atomic E-state index is 12.5. The highest BCUT2D eigenvalue weighted by Gasteiger charge is 2.18. The van der Waals surface area contributed by atoms with Crippen LogP contribution in [0.4, 0.5) is 4.79 Å². The number of nitrogens with one attached hydrogen (secondary N) is 1. The highest BCUT2D eigenvalue weighted by molar-refractivity contribution is 7.99. The first-order chi connectivity index (χ1) is 15.5. The molecule has 2 N–H and O–H groups in total. The monoisotopic (exact) mass is 468 g/mol. The summed E-state index contributed by atoms with van der Waals surface area (Å²) in [5.74, 6) is 1.78. The predicted molar refractivity (Wildman–Crippen MR) is 131 cm³/mol. The first-order valence-electron chi connectivity index (χ1n) is 11.7. The number of hydrogen-bond acceptors (Lipinski definition) is 5. The zero-order chi connectivity index (χ0) is 23.6. The fraction of sp³-hybridized carbons (Fsp3) is 0.667. The molecule has 0 aliphatic heterocycles. The van der Waals surface area contributed by atoms with E-state index >= 15 is 0 Å². The van der Waals surface area contributed by atoms with Crippen molar-refractivity contribution in [3.8, 4) is 5.75 Å². The molecule has 1 unspecified atom stereocenters. The second kappa shape index (κ2) is 17.6. The van der Waals surface area contributed by atoms with E-state index in [4.69, 9.17) is 9.47 Å². The third-order valence-electron chi connectivity index (χ3n) is 4.83. The molecule has 1 atom stereocenters. The van der Waals surface area contributed by atoms with Crippen LogP contribution >= 0.6 is 11.8 Å². The Balaban J connectivity index is 2.49. The van der Waals surface area contributed by atoms with Gasteiger partial charge in [0.25, 0.3) is 0 Å². The van der Waals surface area contributed by atoms with Gasteiger partial charge in [-0.2, -0.15) is 11.8 Å². The second-order valence-corrected chi connectivity index (χ2v) is 8.74. The summed E-state index contributed by atoms with van der Waals surface area (Å²) >= 11 is 1.89. The van der Waals surface area contributed by atoms with Crippen LogP contribution in [0.5, 0.6) is 5.75 Å². The van der Waals surface area contributed by atoms with E-state index in [1.54, 1.807) is 6.92 Å². The molecule has 0 heterocycles. The number of carboxylic acid groups (broad SMARTS) is 1. The molecule has 2 amide bonds. The van der Waals surface area contributed by atoms with E-state index in [-0.39, 0.29) is 6.03 Å². The van der Waals surface area contributed by atoms with Gasteiger partial charge in [0, 0.05) is 31.9 Å². The molecule has 0 aliphatic rings. The minimum atomic E-state index is -0.961. The quantitative estimate of drug-likeness (QED) is 0.310. The van der Waals surface area contributed by atoms with Gasteiger partial charge in [-0.15, -0.1) is 0 Å². The van der Waals surface area contributed by atoms with Gasteiger partial charge in [-0.1, -0.05) is 38.8 Å². The van der Waals surface area contributed by atoms with Crippen LogP contribution in [0.3, 0.4) is 0 Å². The molecule has 182 valence electrons. The molecule has 8 heteroatoms. The number of urea groups is 1. The molecule has 1 rings (SSSR count). The fourth-order valence-electron chi connectivity index (χ4n) is 3.02. The molecule has 0 bridgehead atoms. The van der Waals surface area contributed by atoms with Gasteiger partial charge in [0.05, 0.1) is 6.54 Å². The first-order valence-corrected chi connectivity index (χ1v) is 12.8. The SMILES string of the molecule is CCCCCSCCN(CCOc1ccc(CC(OCC)C(=O)O)cc1)C(=O)NCCC. The average Bonchev–Trinajstić information content (AvgIpc) is 2.79. The van der Waals surface area contributed by atoms with E-state index < -0.39 is 12.1 Å². The Bertz CT molecular complexity index is 642. The van der Waals surface area contributed by atoms with Crippen molar-refractivity contribution < 1.29 is 24.2 Å². The molecule has 32 heavy (non-hydrogen) atoms. The minimum Gasteiger partial charge on any atom is -0.492 e. The Kier molecular flexibility index (Phi) is 15.5. The van der Waals surface area contributed by atoms with Crippen LogP contribution < -0.4 is 10.1 Å². The van der Waals surface area contributed by atoms with Crippen molar-refractivity contribution >= 4 is 23.8 Å². The maximum atomic E-state index is 12.5. The van der Waals surface area contributed by atoms with Gasteiger partial charge in [-0.05, 0) is 43.2 Å². The summed E-state index contributed by atoms with van der Waals surface area (Å²) in [6.07, 6.45) is 4.06. The van der Waals surface area contributed by atoms with Crippen LogP contribution in [-0.2, 0) is 16.0 Å². The number of unbranched alkanes of at least 4 members (excludes halogenated alkanes) is 2. The molecule has 1 aromatic rings. The van der Waals surface area contributed by atoms with Crippen molar-refractivity contribution in [3.05, 3.63) is 29.8 Å². The van der Waals surface area contributed by atoms with Gasteiger partial charge in [0.2, 0.25) is 0 Å². The zero-order valence-electron chi connectivity index (χ0n) is 19.8. The van der Waals surface area contributed by atoms with Gasteiger partial charge >= 0.3 is 12.0 Å². The number of hydrogen-bond donors (Lipinski definition) is 2. The Morgan fingerprint density at radius 3 is 2.44 bits per heavy atom. The van der Waals surface area contributed by atoms with Gasteiger partial charge < -0.3 is 24.8 Å². The summed E-state index contributed by atoms with van der Waals surface area (Å²) < 4.78 is 11.1. The van der Waals surface area contributed by atoms with Gasteiger partial charge in [-0.3, -0.25) is 0 Å². The minimum absolute atomic E-state index is 0.0457. The number of carbonyl (C=O) groups is 2. The third-order valence-corrected chi connectivity index (χ3v) is 5.88. The number of aliphatic carboxylic acids is 1. The lowest BCUT2D eigenvalue weighted by Crippen LogP contribution is -2.43. The number of rotatable bonds is 18. The van der Waals surface area contributed by atoms with E-state index in [0.717, 1.165) is 23.5 Å². The topological polar surface area (TPSA) is 88.1 Å². The fourth-order valence-corrected chi connectivity index (χ4v) is 3.98. The Morgan fingerprint density at radius 1 is 1.06 bits per heavy atom. The molecule has 1 aromatic carbocycles. The van der Waals surface area contributed by atoms with Crippen LogP contribution in [0, 0.1) is 0 Å². The lowest BCUT2D eigenvalue weighted by molar-refractivity contribution is -0.149. The smallest absolute Gasteiger partial charge is 0.333 e. The number of amides is 2. The van der Waals surface area contributed by atoms with Crippen LogP contribution in [0.1, 0.15) is 52.0 Å². The van der Waals surface area contributed by atoms with Crippen LogP contribution in [-0.4, -0.2) is 72.5 Å². The Morgan fingerprint density at radius 2 is 1.81 bits per heavy atom. The second-order valence-electron chi connectivity index (χ2n) is 7.52. The van der Waals surface area contributed by atoms with Crippen LogP contribution in [0.15, 0.2) is 24.3 Å². The van der Waals surface area contributed by atoms with Gasteiger partial charge in [0.1, 0.15) is 12.4 Å². The van der Waals surface area contributed by atoms with Crippen molar-refractivity contribution in [1.29, 1.82) is 0 Å². The van der Waals surface area contributed by atoms with E-state index in [9.17, 15) is 14.7 Å². The summed E-state index contributed by atoms with van der Waals surface area (Å²) in [6.45, 7) is 8.65. The normalized spacial score (nSPS) is 11.7. The van der Waals surface area contributed by atoms with Crippen LogP contribution in [0.2, 0.25) is 0 Å². The molecule has 0 fully saturated rings. The van der Waals surface area contributed by atoms with E-state index in [0.29, 0.717) is 45.0 Å². The maximum Gasteiger partial charge on any atom is 0.333 e. The molecule has 0 spiro atoms. The molecule has 7 nitrogen and oxygen atoms in total. The van der Waals surface area contributed by atoms with E-state index in [2.05, 4.69) is 12.2 Å². The molecule has 0 saturated carbocycles. The summed E-state index contributed by atoms with van der Waals surface area (Å²) in [4.78, 5) is 25.5. The summed E-state index contributed by atoms with van der Waals surface area (Å²) in [5, 5.41) is 12.2. The Labute approximate surface area is 197 Å². The van der Waals surface area contributed by atoms with Crippen molar-refractivity contribution in [2.75, 3.05) is 44.4 Å². The van der Waals surface area contributed by atoms with Gasteiger partial charge in [0.15, 0.2) is 6.10 Å². The lowest BCUT2D eigenvalue weighted by Gasteiger charge is -2.23. The van der Waals surface area contributed by atoms with E-state index in [1.807, 2.05) is 47.9 Å². The summed E-state index contributed by atoms with van der Waals surface area (Å²) in [6, 6.07) is 7.30. The van der Waals surface area contributed by atoms with Crippen molar-refractivity contribution in [1.82, 2.24) is 10.2 Å². The molecule has 0 radical (unpaired) electrons. The number of benzene rings is 1. The summed E-state index contributed by atoms with van der Waals surface area (Å²) in [7, 11) is 0. The highest BCUT2D eigenvalue weighted by Crippen LogP contribution is 2.15. The average molecular weight is 469 g/mol. The molecular formula is C24H40N2O5S.